The molecule has 0 saturated heterocycles. The van der Waals surface area contributed by atoms with Gasteiger partial charge in [-0.1, -0.05) is 37.3 Å². The Morgan fingerprint density at radius 2 is 2.12 bits per heavy atom. The van der Waals surface area contributed by atoms with Gasteiger partial charge >= 0.3 is 0 Å². The minimum Gasteiger partial charge on any atom is -0.312 e. The molecule has 2 nitrogen and oxygen atoms in total. The van der Waals surface area contributed by atoms with E-state index < -0.39 is 0 Å². The molecular formula is C15H20N2. The SMILES string of the molecule is CC1CCC(NCC(C#N)c2ccccc2)C1. The standard InChI is InChI=1S/C15H20N2/c1-12-7-8-15(9-12)17-11-14(10-16)13-5-3-2-4-6-13/h2-6,12,14-15,17H,7-9,11H2,1H3. The fraction of sp³-hybridized carbons (Fsp3) is 0.533. The van der Waals surface area contributed by atoms with E-state index in [2.05, 4.69) is 18.3 Å². The predicted octanol–water partition coefficient (Wildman–Crippen LogP) is 3.07. The zero-order chi connectivity index (χ0) is 12.1. The van der Waals surface area contributed by atoms with E-state index in [1.165, 1.54) is 19.3 Å². The van der Waals surface area contributed by atoms with Crippen LogP contribution >= 0.6 is 0 Å². The summed E-state index contributed by atoms with van der Waals surface area (Å²) >= 11 is 0. The third-order valence-electron chi connectivity index (χ3n) is 3.66. The van der Waals surface area contributed by atoms with Crippen LogP contribution in [-0.2, 0) is 0 Å². The molecule has 0 bridgehead atoms. The first-order valence-electron chi connectivity index (χ1n) is 6.47. The normalized spacial score (nSPS) is 25.4. The second kappa shape index (κ2) is 5.84. The van der Waals surface area contributed by atoms with Crippen LogP contribution in [0.1, 0.15) is 37.7 Å². The van der Waals surface area contributed by atoms with Gasteiger partial charge in [-0.25, -0.2) is 0 Å². The van der Waals surface area contributed by atoms with Gasteiger partial charge in [0.2, 0.25) is 0 Å². The van der Waals surface area contributed by atoms with E-state index in [1.807, 2.05) is 30.3 Å². The lowest BCUT2D eigenvalue weighted by Crippen LogP contribution is -2.30. The fourth-order valence-corrected chi connectivity index (χ4v) is 2.60. The second-order valence-electron chi connectivity index (χ2n) is 5.12. The lowest BCUT2D eigenvalue weighted by atomic mass is 10.0. The van der Waals surface area contributed by atoms with Gasteiger partial charge in [0.15, 0.2) is 0 Å². The molecule has 1 aliphatic carbocycles. The quantitative estimate of drug-likeness (QED) is 0.859. The molecule has 0 aliphatic heterocycles. The smallest absolute Gasteiger partial charge is 0.0837 e. The predicted molar refractivity (Wildman–Crippen MR) is 69.6 cm³/mol. The molecule has 90 valence electrons. The summed E-state index contributed by atoms with van der Waals surface area (Å²) in [5.41, 5.74) is 1.12. The van der Waals surface area contributed by atoms with Crippen molar-refractivity contribution < 1.29 is 0 Å². The number of nitrogens with one attached hydrogen (secondary N) is 1. The third kappa shape index (κ3) is 3.31. The van der Waals surface area contributed by atoms with Gasteiger partial charge in [0.1, 0.15) is 0 Å². The van der Waals surface area contributed by atoms with E-state index in [4.69, 9.17) is 0 Å². The van der Waals surface area contributed by atoms with Crippen LogP contribution in [0.2, 0.25) is 0 Å². The average Bonchev–Trinajstić information content (AvgIpc) is 2.77. The molecule has 3 unspecified atom stereocenters. The van der Waals surface area contributed by atoms with Crippen LogP contribution in [0.5, 0.6) is 0 Å². The molecule has 3 atom stereocenters. The summed E-state index contributed by atoms with van der Waals surface area (Å²) in [5, 5.41) is 12.8. The Hall–Kier alpha value is -1.33. The van der Waals surface area contributed by atoms with Gasteiger partial charge in [-0.2, -0.15) is 5.26 Å². The number of nitrogens with zero attached hydrogens (tertiary/aromatic N) is 1. The average molecular weight is 228 g/mol. The van der Waals surface area contributed by atoms with E-state index >= 15 is 0 Å². The van der Waals surface area contributed by atoms with E-state index in [9.17, 15) is 5.26 Å². The number of benzene rings is 1. The summed E-state index contributed by atoms with van der Waals surface area (Å²) < 4.78 is 0. The highest BCUT2D eigenvalue weighted by molar-refractivity contribution is 5.25. The number of hydrogen-bond donors (Lipinski definition) is 1. The van der Waals surface area contributed by atoms with Gasteiger partial charge < -0.3 is 5.32 Å². The van der Waals surface area contributed by atoms with Crippen molar-refractivity contribution in [2.45, 2.75) is 38.1 Å². The Balaban J connectivity index is 1.87. The van der Waals surface area contributed by atoms with Gasteiger partial charge in [-0.3, -0.25) is 0 Å². The van der Waals surface area contributed by atoms with Crippen molar-refractivity contribution in [2.75, 3.05) is 6.54 Å². The topological polar surface area (TPSA) is 35.8 Å². The highest BCUT2D eigenvalue weighted by atomic mass is 14.9. The fourth-order valence-electron chi connectivity index (χ4n) is 2.60. The highest BCUT2D eigenvalue weighted by Gasteiger charge is 2.21. The molecule has 1 fully saturated rings. The zero-order valence-corrected chi connectivity index (χ0v) is 10.4. The summed E-state index contributed by atoms with van der Waals surface area (Å²) in [7, 11) is 0. The van der Waals surface area contributed by atoms with Crippen LogP contribution in [0.25, 0.3) is 0 Å². The summed E-state index contributed by atoms with van der Waals surface area (Å²) in [6.45, 7) is 3.08. The van der Waals surface area contributed by atoms with E-state index in [-0.39, 0.29) is 5.92 Å². The maximum Gasteiger partial charge on any atom is 0.0837 e. The minimum absolute atomic E-state index is 0.0212. The molecule has 17 heavy (non-hydrogen) atoms. The van der Waals surface area contributed by atoms with Crippen LogP contribution in [0.15, 0.2) is 30.3 Å². The molecule has 0 aromatic heterocycles. The van der Waals surface area contributed by atoms with Crippen LogP contribution in [0.3, 0.4) is 0 Å². The van der Waals surface area contributed by atoms with Gasteiger partial charge in [0.25, 0.3) is 0 Å². The largest absolute Gasteiger partial charge is 0.312 e. The molecule has 2 heteroatoms. The Morgan fingerprint density at radius 3 is 2.71 bits per heavy atom. The van der Waals surface area contributed by atoms with E-state index in [1.54, 1.807) is 0 Å². The van der Waals surface area contributed by atoms with Gasteiger partial charge in [-0.05, 0) is 30.7 Å². The molecule has 1 aromatic carbocycles. The maximum atomic E-state index is 9.22. The lowest BCUT2D eigenvalue weighted by molar-refractivity contribution is 0.495. The van der Waals surface area contributed by atoms with E-state index in [0.717, 1.165) is 18.0 Å². The monoisotopic (exact) mass is 228 g/mol. The summed E-state index contributed by atoms with van der Waals surface area (Å²) in [6.07, 6.45) is 3.83. The first-order valence-corrected chi connectivity index (χ1v) is 6.47. The van der Waals surface area contributed by atoms with Crippen molar-refractivity contribution in [1.82, 2.24) is 5.32 Å². The molecule has 1 aromatic rings. The summed E-state index contributed by atoms with van der Waals surface area (Å²) in [4.78, 5) is 0. The molecule has 1 saturated carbocycles. The molecule has 0 heterocycles. The molecule has 1 aliphatic rings. The maximum absolute atomic E-state index is 9.22. The molecular weight excluding hydrogens is 208 g/mol. The Morgan fingerprint density at radius 1 is 1.35 bits per heavy atom. The number of rotatable bonds is 4. The second-order valence-corrected chi connectivity index (χ2v) is 5.12. The van der Waals surface area contributed by atoms with Crippen molar-refractivity contribution in [3.63, 3.8) is 0 Å². The lowest BCUT2D eigenvalue weighted by Gasteiger charge is -2.15. The van der Waals surface area contributed by atoms with Crippen LogP contribution < -0.4 is 5.32 Å². The first-order chi connectivity index (χ1) is 8.29. The van der Waals surface area contributed by atoms with Crippen molar-refractivity contribution in [3.8, 4) is 6.07 Å². The Labute approximate surface area is 104 Å². The zero-order valence-electron chi connectivity index (χ0n) is 10.4. The molecule has 2 rings (SSSR count). The van der Waals surface area contributed by atoms with Gasteiger partial charge in [-0.15, -0.1) is 0 Å². The Kier molecular flexibility index (Phi) is 4.17. The van der Waals surface area contributed by atoms with E-state index in [0.29, 0.717) is 6.04 Å². The number of hydrogen-bond acceptors (Lipinski definition) is 2. The third-order valence-corrected chi connectivity index (χ3v) is 3.66. The van der Waals surface area contributed by atoms with Crippen LogP contribution in [0.4, 0.5) is 0 Å². The van der Waals surface area contributed by atoms with Crippen LogP contribution in [0, 0.1) is 17.2 Å². The highest BCUT2D eigenvalue weighted by Crippen LogP contribution is 2.25. The first kappa shape index (κ1) is 12.1. The van der Waals surface area contributed by atoms with Crippen molar-refractivity contribution in [2.24, 2.45) is 5.92 Å². The van der Waals surface area contributed by atoms with Gasteiger partial charge in [0.05, 0.1) is 12.0 Å². The number of nitriles is 1. The molecule has 1 N–H and O–H groups in total. The molecule has 0 radical (unpaired) electrons. The van der Waals surface area contributed by atoms with Crippen molar-refractivity contribution >= 4 is 0 Å². The van der Waals surface area contributed by atoms with Crippen molar-refractivity contribution in [3.05, 3.63) is 35.9 Å². The summed E-state index contributed by atoms with van der Waals surface area (Å²) in [5.74, 6) is 0.817. The van der Waals surface area contributed by atoms with Crippen LogP contribution in [-0.4, -0.2) is 12.6 Å². The van der Waals surface area contributed by atoms with Gasteiger partial charge in [0, 0.05) is 12.6 Å². The summed E-state index contributed by atoms with van der Waals surface area (Å²) in [6, 6.07) is 13.1. The molecule has 0 spiro atoms. The molecule has 0 amide bonds. The van der Waals surface area contributed by atoms with Crippen molar-refractivity contribution in [1.29, 1.82) is 5.26 Å². The minimum atomic E-state index is -0.0212. The Bertz CT molecular complexity index is 380.